The maximum atomic E-state index is 11.7. The van der Waals surface area contributed by atoms with Crippen molar-refractivity contribution in [3.05, 3.63) is 68.2 Å². The molecule has 1 aliphatic heterocycles. The van der Waals surface area contributed by atoms with Crippen LogP contribution in [0.1, 0.15) is 29.5 Å². The van der Waals surface area contributed by atoms with Crippen molar-refractivity contribution in [3.63, 3.8) is 0 Å². The monoisotopic (exact) mass is 369 g/mol. The van der Waals surface area contributed by atoms with Crippen LogP contribution in [0.4, 0.5) is 0 Å². The number of benzene rings is 1. The molecule has 5 heteroatoms. The fourth-order valence-electron chi connectivity index (χ4n) is 3.63. The summed E-state index contributed by atoms with van der Waals surface area (Å²) in [6, 6.07) is 9.90. The Hall–Kier alpha value is -1.95. The first-order valence-corrected chi connectivity index (χ1v) is 10.00. The number of hydrogen-bond donors (Lipinski definition) is 0. The van der Waals surface area contributed by atoms with E-state index in [0.717, 1.165) is 55.6 Å². The number of aryl methyl sites for hydroxylation is 1. The van der Waals surface area contributed by atoms with Crippen molar-refractivity contribution in [2.45, 2.75) is 39.0 Å². The Bertz CT molecular complexity index is 926. The lowest BCUT2D eigenvalue weighted by molar-refractivity contribution is 0.0679. The smallest absolute Gasteiger partial charge is 0.336 e. The second kappa shape index (κ2) is 7.74. The Labute approximate surface area is 157 Å². The molecular weight excluding hydrogens is 346 g/mol. The molecule has 1 saturated heterocycles. The van der Waals surface area contributed by atoms with Gasteiger partial charge in [-0.3, -0.25) is 4.90 Å². The molecule has 0 spiro atoms. The van der Waals surface area contributed by atoms with Crippen LogP contribution in [-0.4, -0.2) is 24.2 Å². The average Bonchev–Trinajstić information content (AvgIpc) is 3.28. The predicted octanol–water partition coefficient (Wildman–Crippen LogP) is 4.34. The molecule has 0 amide bonds. The molecule has 0 aliphatic carbocycles. The van der Waals surface area contributed by atoms with E-state index in [1.54, 1.807) is 17.4 Å². The van der Waals surface area contributed by atoms with E-state index >= 15 is 0 Å². The van der Waals surface area contributed by atoms with Gasteiger partial charge in [0.15, 0.2) is 0 Å². The van der Waals surface area contributed by atoms with Crippen LogP contribution >= 0.6 is 11.3 Å². The zero-order valence-electron chi connectivity index (χ0n) is 14.9. The molecule has 0 radical (unpaired) electrons. The number of thiophene rings is 1. The van der Waals surface area contributed by atoms with Gasteiger partial charge >= 0.3 is 5.63 Å². The minimum atomic E-state index is -0.290. The summed E-state index contributed by atoms with van der Waals surface area (Å²) in [4.78, 5) is 14.1. The van der Waals surface area contributed by atoms with Gasteiger partial charge in [-0.05, 0) is 59.3 Å². The van der Waals surface area contributed by atoms with Gasteiger partial charge in [-0.25, -0.2) is 4.79 Å². The quantitative estimate of drug-likeness (QED) is 0.606. The van der Waals surface area contributed by atoms with Crippen molar-refractivity contribution in [1.82, 2.24) is 4.90 Å². The molecule has 1 fully saturated rings. The number of fused-ring (bicyclic) bond motifs is 1. The van der Waals surface area contributed by atoms with Gasteiger partial charge in [0, 0.05) is 37.7 Å². The van der Waals surface area contributed by atoms with Gasteiger partial charge < -0.3 is 9.15 Å². The van der Waals surface area contributed by atoms with E-state index < -0.39 is 0 Å². The lowest BCUT2D eigenvalue weighted by Gasteiger charge is -2.25. The van der Waals surface area contributed by atoms with E-state index in [1.807, 2.05) is 13.0 Å². The second-order valence-electron chi connectivity index (χ2n) is 7.02. The highest BCUT2D eigenvalue weighted by molar-refractivity contribution is 7.07. The summed E-state index contributed by atoms with van der Waals surface area (Å²) in [7, 11) is 0. The molecule has 1 aliphatic rings. The average molecular weight is 369 g/mol. The Kier molecular flexibility index (Phi) is 5.20. The lowest BCUT2D eigenvalue weighted by atomic mass is 10.1. The highest BCUT2D eigenvalue weighted by Crippen LogP contribution is 2.21. The molecule has 3 heterocycles. The van der Waals surface area contributed by atoms with Gasteiger partial charge in [-0.1, -0.05) is 12.1 Å². The molecule has 1 atom stereocenters. The Balaban J connectivity index is 1.57. The van der Waals surface area contributed by atoms with Crippen molar-refractivity contribution < 1.29 is 9.15 Å². The minimum Gasteiger partial charge on any atom is -0.423 e. The Morgan fingerprint density at radius 1 is 1.19 bits per heavy atom. The first-order chi connectivity index (χ1) is 12.7. The van der Waals surface area contributed by atoms with Crippen molar-refractivity contribution in [1.29, 1.82) is 0 Å². The van der Waals surface area contributed by atoms with Crippen LogP contribution in [0.5, 0.6) is 0 Å². The molecule has 26 heavy (non-hydrogen) atoms. The molecule has 4 rings (SSSR count). The van der Waals surface area contributed by atoms with E-state index in [0.29, 0.717) is 11.7 Å². The number of nitrogens with zero attached hydrogens (tertiary/aromatic N) is 1. The summed E-state index contributed by atoms with van der Waals surface area (Å²) >= 11 is 1.73. The van der Waals surface area contributed by atoms with Crippen LogP contribution in [0.2, 0.25) is 0 Å². The van der Waals surface area contributed by atoms with E-state index in [-0.39, 0.29) is 5.63 Å². The zero-order valence-corrected chi connectivity index (χ0v) is 15.8. The number of rotatable bonds is 6. The van der Waals surface area contributed by atoms with Crippen LogP contribution < -0.4 is 5.63 Å². The molecule has 0 N–H and O–H groups in total. The predicted molar refractivity (Wildman–Crippen MR) is 105 cm³/mol. The fraction of sp³-hybridized carbons (Fsp3) is 0.381. The first kappa shape index (κ1) is 17.5. The van der Waals surface area contributed by atoms with E-state index in [2.05, 4.69) is 33.9 Å². The maximum Gasteiger partial charge on any atom is 0.336 e. The molecule has 0 bridgehead atoms. The van der Waals surface area contributed by atoms with Crippen LogP contribution in [0, 0.1) is 6.92 Å². The molecule has 2 aromatic heterocycles. The van der Waals surface area contributed by atoms with Gasteiger partial charge in [-0.2, -0.15) is 11.3 Å². The van der Waals surface area contributed by atoms with Gasteiger partial charge in [0.05, 0.1) is 6.10 Å². The largest absolute Gasteiger partial charge is 0.423 e. The molecule has 0 unspecified atom stereocenters. The third-order valence-corrected chi connectivity index (χ3v) is 5.63. The molecule has 3 aromatic rings. The van der Waals surface area contributed by atoms with E-state index in [9.17, 15) is 4.79 Å². The van der Waals surface area contributed by atoms with Crippen molar-refractivity contribution in [2.75, 3.05) is 13.2 Å². The van der Waals surface area contributed by atoms with Crippen molar-refractivity contribution in [3.8, 4) is 0 Å². The lowest BCUT2D eigenvalue weighted by Crippen LogP contribution is -2.31. The third kappa shape index (κ3) is 4.06. The molecule has 0 saturated carbocycles. The van der Waals surface area contributed by atoms with Crippen molar-refractivity contribution >= 4 is 22.3 Å². The second-order valence-corrected chi connectivity index (χ2v) is 7.80. The van der Waals surface area contributed by atoms with Crippen molar-refractivity contribution in [2.24, 2.45) is 0 Å². The molecular formula is C21H23NO3S. The fourth-order valence-corrected chi connectivity index (χ4v) is 4.29. The number of ether oxygens (including phenoxy) is 1. The first-order valence-electron chi connectivity index (χ1n) is 9.06. The van der Waals surface area contributed by atoms with Crippen LogP contribution in [0.15, 0.2) is 50.3 Å². The van der Waals surface area contributed by atoms with Gasteiger partial charge in [0.2, 0.25) is 0 Å². The van der Waals surface area contributed by atoms with E-state index in [1.165, 1.54) is 5.56 Å². The van der Waals surface area contributed by atoms with Crippen LogP contribution in [-0.2, 0) is 17.8 Å². The van der Waals surface area contributed by atoms with Crippen LogP contribution in [0.3, 0.4) is 0 Å². The Morgan fingerprint density at radius 2 is 2.08 bits per heavy atom. The summed E-state index contributed by atoms with van der Waals surface area (Å²) in [6.45, 7) is 5.45. The summed E-state index contributed by atoms with van der Waals surface area (Å²) in [5, 5.41) is 5.31. The normalized spacial score (nSPS) is 17.4. The molecule has 1 aromatic carbocycles. The van der Waals surface area contributed by atoms with Gasteiger partial charge in [0.1, 0.15) is 5.58 Å². The summed E-state index contributed by atoms with van der Waals surface area (Å²) in [5.41, 5.74) is 3.81. The zero-order chi connectivity index (χ0) is 17.9. The third-order valence-electron chi connectivity index (χ3n) is 4.89. The minimum absolute atomic E-state index is 0.290. The van der Waals surface area contributed by atoms with Gasteiger partial charge in [0.25, 0.3) is 0 Å². The Morgan fingerprint density at radius 3 is 2.85 bits per heavy atom. The summed E-state index contributed by atoms with van der Waals surface area (Å²) < 4.78 is 11.3. The SMILES string of the molecule is Cc1cc(=O)oc2cc(CN(Cc3ccsc3)C[C@H]3CCCO3)ccc12. The molecule has 136 valence electrons. The highest BCUT2D eigenvalue weighted by Gasteiger charge is 2.20. The summed E-state index contributed by atoms with van der Waals surface area (Å²) in [6.07, 6.45) is 2.60. The maximum absolute atomic E-state index is 11.7. The number of hydrogen-bond acceptors (Lipinski definition) is 5. The summed E-state index contributed by atoms with van der Waals surface area (Å²) in [5.74, 6) is 0. The van der Waals surface area contributed by atoms with Gasteiger partial charge in [-0.15, -0.1) is 0 Å². The standard InChI is InChI=1S/C21H23NO3S/c1-15-9-21(23)25-20-10-16(4-5-19(15)20)11-22(12-17-6-8-26-14-17)13-18-3-2-7-24-18/h4-6,8-10,14,18H,2-3,7,11-13H2,1H3/t18-/m1/s1. The van der Waals surface area contributed by atoms with Crippen LogP contribution in [0.25, 0.3) is 11.0 Å². The highest BCUT2D eigenvalue weighted by atomic mass is 32.1. The molecule has 4 nitrogen and oxygen atoms in total. The topological polar surface area (TPSA) is 42.7 Å². The van der Waals surface area contributed by atoms with E-state index in [4.69, 9.17) is 9.15 Å².